The van der Waals surface area contributed by atoms with E-state index in [4.69, 9.17) is 12.2 Å². The molecule has 0 bridgehead atoms. The Morgan fingerprint density at radius 3 is 2.54 bits per heavy atom. The summed E-state index contributed by atoms with van der Waals surface area (Å²) in [5.41, 5.74) is 0.247. The summed E-state index contributed by atoms with van der Waals surface area (Å²) in [5, 5.41) is 2.42. The van der Waals surface area contributed by atoms with E-state index in [0.717, 1.165) is 5.69 Å². The van der Waals surface area contributed by atoms with Crippen molar-refractivity contribution in [2.45, 2.75) is 0 Å². The summed E-state index contributed by atoms with van der Waals surface area (Å²) in [6.07, 6.45) is 0. The first-order valence-electron chi connectivity index (χ1n) is 3.65. The van der Waals surface area contributed by atoms with Crippen molar-refractivity contribution in [1.82, 2.24) is 9.95 Å². The van der Waals surface area contributed by atoms with Gasteiger partial charge in [0, 0.05) is 0 Å². The first-order chi connectivity index (χ1) is 6.29. The highest BCUT2D eigenvalue weighted by Crippen LogP contribution is 2.03. The molecular weight excluding hydrogens is 188 g/mol. The molecular formula is C8H6N2O2S. The standard InChI is InChI=1S/C8H6N2O2S/c11-8-7(13)10(9-12-8)6-4-2-1-3-5-6/h1-5,9H. The zero-order valence-corrected chi connectivity index (χ0v) is 7.38. The number of nitrogens with one attached hydrogen (secondary N) is 1. The number of para-hydroxylation sites is 1. The third kappa shape index (κ3) is 1.33. The largest absolute Gasteiger partial charge is 0.394 e. The quantitative estimate of drug-likeness (QED) is 0.700. The average Bonchev–Trinajstić information content (AvgIpc) is 2.49. The second kappa shape index (κ2) is 3.02. The van der Waals surface area contributed by atoms with E-state index in [1.165, 1.54) is 4.68 Å². The van der Waals surface area contributed by atoms with Gasteiger partial charge in [-0.3, -0.25) is 0 Å². The molecule has 1 aromatic carbocycles. The van der Waals surface area contributed by atoms with Crippen LogP contribution in [-0.2, 0) is 0 Å². The molecule has 1 aromatic heterocycles. The van der Waals surface area contributed by atoms with E-state index >= 15 is 0 Å². The van der Waals surface area contributed by atoms with Gasteiger partial charge in [0.05, 0.1) is 5.69 Å². The van der Waals surface area contributed by atoms with Crippen LogP contribution in [0.2, 0.25) is 0 Å². The highest BCUT2D eigenvalue weighted by Gasteiger charge is 2.01. The molecule has 0 aliphatic heterocycles. The van der Waals surface area contributed by atoms with Crippen LogP contribution in [0.25, 0.3) is 5.69 Å². The SMILES string of the molecule is O=c1o[nH]n(-c2ccccc2)c1=S. The molecule has 0 fully saturated rings. The van der Waals surface area contributed by atoms with E-state index in [0.29, 0.717) is 0 Å². The zero-order valence-electron chi connectivity index (χ0n) is 6.56. The van der Waals surface area contributed by atoms with Crippen LogP contribution in [0.15, 0.2) is 39.6 Å². The van der Waals surface area contributed by atoms with Crippen LogP contribution < -0.4 is 5.63 Å². The number of hydrogen-bond donors (Lipinski definition) is 1. The van der Waals surface area contributed by atoms with Crippen LogP contribution in [0.5, 0.6) is 0 Å². The summed E-state index contributed by atoms with van der Waals surface area (Å²) in [6.45, 7) is 0. The molecule has 0 atom stereocenters. The minimum Gasteiger partial charge on any atom is -0.320 e. The normalized spacial score (nSPS) is 10.2. The van der Waals surface area contributed by atoms with Gasteiger partial charge in [-0.1, -0.05) is 30.4 Å². The lowest BCUT2D eigenvalue weighted by Gasteiger charge is -1.97. The molecule has 5 heteroatoms. The minimum atomic E-state index is -0.529. The number of H-pyrrole nitrogens is 1. The molecule has 4 nitrogen and oxygen atoms in total. The smallest absolute Gasteiger partial charge is 0.320 e. The fourth-order valence-corrected chi connectivity index (χ4v) is 1.19. The van der Waals surface area contributed by atoms with Gasteiger partial charge in [-0.2, -0.15) is 5.27 Å². The molecule has 0 aliphatic rings. The Morgan fingerprint density at radius 2 is 2.00 bits per heavy atom. The molecule has 66 valence electrons. The molecule has 1 heterocycles. The lowest BCUT2D eigenvalue weighted by atomic mass is 10.3. The first-order valence-corrected chi connectivity index (χ1v) is 4.06. The Labute approximate surface area is 78.4 Å². The van der Waals surface area contributed by atoms with E-state index in [-0.39, 0.29) is 4.64 Å². The maximum absolute atomic E-state index is 10.9. The van der Waals surface area contributed by atoms with Gasteiger partial charge in [-0.25, -0.2) is 9.48 Å². The van der Waals surface area contributed by atoms with Crippen molar-refractivity contribution in [3.8, 4) is 5.69 Å². The maximum Gasteiger partial charge on any atom is 0.394 e. The van der Waals surface area contributed by atoms with E-state index in [9.17, 15) is 4.79 Å². The molecule has 0 unspecified atom stereocenters. The van der Waals surface area contributed by atoms with Gasteiger partial charge >= 0.3 is 5.63 Å². The molecule has 0 saturated carbocycles. The van der Waals surface area contributed by atoms with Crippen molar-refractivity contribution in [2.75, 3.05) is 0 Å². The van der Waals surface area contributed by atoms with Crippen molar-refractivity contribution in [2.24, 2.45) is 0 Å². The van der Waals surface area contributed by atoms with Gasteiger partial charge in [0.1, 0.15) is 0 Å². The monoisotopic (exact) mass is 194 g/mol. The predicted octanol–water partition coefficient (Wildman–Crippen LogP) is 1.49. The van der Waals surface area contributed by atoms with E-state index in [2.05, 4.69) is 9.79 Å². The minimum absolute atomic E-state index is 0.117. The number of rotatable bonds is 1. The number of aromatic nitrogens is 2. The lowest BCUT2D eigenvalue weighted by molar-refractivity contribution is 0.353. The third-order valence-corrected chi connectivity index (χ3v) is 1.97. The Hall–Kier alpha value is -1.62. The fraction of sp³-hybridized carbons (Fsp3) is 0. The van der Waals surface area contributed by atoms with Crippen LogP contribution in [0, 0.1) is 4.64 Å². The molecule has 13 heavy (non-hydrogen) atoms. The predicted molar refractivity (Wildman–Crippen MR) is 49.5 cm³/mol. The molecule has 2 aromatic rings. The second-order valence-electron chi connectivity index (χ2n) is 2.46. The first kappa shape index (κ1) is 8.00. The molecule has 0 radical (unpaired) electrons. The van der Waals surface area contributed by atoms with Gasteiger partial charge in [0.15, 0.2) is 0 Å². The van der Waals surface area contributed by atoms with Crippen molar-refractivity contribution in [1.29, 1.82) is 0 Å². The fourth-order valence-electron chi connectivity index (χ4n) is 1.01. The average molecular weight is 194 g/mol. The molecule has 0 spiro atoms. The number of aromatic amines is 1. The highest BCUT2D eigenvalue weighted by atomic mass is 32.1. The molecule has 1 N–H and O–H groups in total. The number of nitrogens with zero attached hydrogens (tertiary/aromatic N) is 1. The van der Waals surface area contributed by atoms with E-state index < -0.39 is 5.63 Å². The summed E-state index contributed by atoms with van der Waals surface area (Å²) in [7, 11) is 0. The summed E-state index contributed by atoms with van der Waals surface area (Å²) in [5.74, 6) is 0. The summed E-state index contributed by atoms with van der Waals surface area (Å²) in [6, 6.07) is 9.22. The Bertz CT molecular complexity index is 509. The second-order valence-corrected chi connectivity index (χ2v) is 2.84. The summed E-state index contributed by atoms with van der Waals surface area (Å²) >= 11 is 4.83. The van der Waals surface area contributed by atoms with Crippen LogP contribution in [-0.4, -0.2) is 9.95 Å². The van der Waals surface area contributed by atoms with Gasteiger partial charge in [0.2, 0.25) is 4.64 Å². The van der Waals surface area contributed by atoms with Crippen molar-refractivity contribution in [3.63, 3.8) is 0 Å². The summed E-state index contributed by atoms with van der Waals surface area (Å²) in [4.78, 5) is 10.9. The van der Waals surface area contributed by atoms with Crippen LogP contribution in [0.1, 0.15) is 0 Å². The molecule has 0 amide bonds. The Kier molecular flexibility index (Phi) is 1.86. The third-order valence-electron chi connectivity index (χ3n) is 1.62. The van der Waals surface area contributed by atoms with Crippen molar-refractivity contribution < 1.29 is 4.52 Å². The van der Waals surface area contributed by atoms with Gasteiger partial charge in [-0.05, 0) is 12.1 Å². The Morgan fingerprint density at radius 1 is 1.31 bits per heavy atom. The Balaban J connectivity index is 2.67. The van der Waals surface area contributed by atoms with E-state index in [1.807, 2.05) is 30.3 Å². The molecule has 0 saturated heterocycles. The molecule has 0 aliphatic carbocycles. The van der Waals surface area contributed by atoms with Gasteiger partial charge in [-0.15, -0.1) is 0 Å². The van der Waals surface area contributed by atoms with Crippen molar-refractivity contribution >= 4 is 12.2 Å². The van der Waals surface area contributed by atoms with E-state index in [1.54, 1.807) is 0 Å². The summed E-state index contributed by atoms with van der Waals surface area (Å²) < 4.78 is 6.06. The molecule has 2 rings (SSSR count). The van der Waals surface area contributed by atoms with Crippen molar-refractivity contribution in [3.05, 3.63) is 45.4 Å². The number of hydrogen-bond acceptors (Lipinski definition) is 3. The van der Waals surface area contributed by atoms with Crippen LogP contribution in [0.3, 0.4) is 0 Å². The number of benzene rings is 1. The van der Waals surface area contributed by atoms with Crippen LogP contribution >= 0.6 is 12.2 Å². The topological polar surface area (TPSA) is 50.9 Å². The van der Waals surface area contributed by atoms with Gasteiger partial charge < -0.3 is 4.52 Å². The van der Waals surface area contributed by atoms with Crippen LogP contribution in [0.4, 0.5) is 0 Å². The van der Waals surface area contributed by atoms with Gasteiger partial charge in [0.25, 0.3) is 0 Å². The lowest BCUT2D eigenvalue weighted by Crippen LogP contribution is -1.99. The zero-order chi connectivity index (χ0) is 9.26. The highest BCUT2D eigenvalue weighted by molar-refractivity contribution is 7.71. The maximum atomic E-state index is 10.9.